The normalized spacial score (nSPS) is 19.1. The molecule has 0 aliphatic carbocycles. The smallest absolute Gasteiger partial charge is 0.128 e. The van der Waals surface area contributed by atoms with Gasteiger partial charge in [0, 0.05) is 24.7 Å². The van der Waals surface area contributed by atoms with Crippen LogP contribution in [0.25, 0.3) is 0 Å². The van der Waals surface area contributed by atoms with Gasteiger partial charge in [-0.2, -0.15) is 0 Å². The zero-order chi connectivity index (χ0) is 14.5. The molecule has 2 nitrogen and oxygen atoms in total. The SMILES string of the molecule is CCC(C)[C@H](c1cccc(N2CCCCC2)n1)C(C)C. The maximum Gasteiger partial charge on any atom is 0.128 e. The number of rotatable bonds is 5. The van der Waals surface area contributed by atoms with Crippen molar-refractivity contribution in [3.05, 3.63) is 23.9 Å². The van der Waals surface area contributed by atoms with Gasteiger partial charge in [0.15, 0.2) is 0 Å². The summed E-state index contributed by atoms with van der Waals surface area (Å²) in [7, 11) is 0. The van der Waals surface area contributed by atoms with E-state index in [9.17, 15) is 0 Å². The fourth-order valence-electron chi connectivity index (χ4n) is 3.47. The summed E-state index contributed by atoms with van der Waals surface area (Å²) in [5.74, 6) is 3.11. The summed E-state index contributed by atoms with van der Waals surface area (Å²) in [5, 5.41) is 0. The van der Waals surface area contributed by atoms with Crippen LogP contribution >= 0.6 is 0 Å². The quantitative estimate of drug-likeness (QED) is 0.762. The zero-order valence-corrected chi connectivity index (χ0v) is 13.6. The standard InChI is InChI=1S/C18H30N2/c1-5-15(4)18(14(2)3)16-10-9-11-17(19-16)20-12-7-6-8-13-20/h9-11,14-15,18H,5-8,12-13H2,1-4H3/t15?,18-/m1/s1. The Labute approximate surface area is 124 Å². The first-order valence-electron chi connectivity index (χ1n) is 8.35. The molecule has 1 aromatic rings. The molecule has 0 radical (unpaired) electrons. The van der Waals surface area contributed by atoms with Crippen LogP contribution in [0.2, 0.25) is 0 Å². The van der Waals surface area contributed by atoms with Crippen molar-refractivity contribution >= 4 is 5.82 Å². The van der Waals surface area contributed by atoms with Gasteiger partial charge in [-0.05, 0) is 43.2 Å². The number of aromatic nitrogens is 1. The Morgan fingerprint density at radius 1 is 1.10 bits per heavy atom. The van der Waals surface area contributed by atoms with Gasteiger partial charge >= 0.3 is 0 Å². The predicted octanol–water partition coefficient (Wildman–Crippen LogP) is 4.86. The summed E-state index contributed by atoms with van der Waals surface area (Å²) < 4.78 is 0. The summed E-state index contributed by atoms with van der Waals surface area (Å²) in [6, 6.07) is 6.61. The minimum Gasteiger partial charge on any atom is -0.357 e. The molecule has 1 aliphatic rings. The molecule has 1 saturated heterocycles. The van der Waals surface area contributed by atoms with E-state index in [0.717, 1.165) is 0 Å². The molecule has 0 bridgehead atoms. The molecule has 2 rings (SSSR count). The van der Waals surface area contributed by atoms with Gasteiger partial charge in [-0.15, -0.1) is 0 Å². The maximum absolute atomic E-state index is 5.01. The summed E-state index contributed by atoms with van der Waals surface area (Å²) in [5.41, 5.74) is 1.29. The lowest BCUT2D eigenvalue weighted by Gasteiger charge is -2.30. The third-order valence-electron chi connectivity index (χ3n) is 4.75. The summed E-state index contributed by atoms with van der Waals surface area (Å²) >= 11 is 0. The first-order chi connectivity index (χ1) is 9.63. The first kappa shape index (κ1) is 15.3. The third-order valence-corrected chi connectivity index (χ3v) is 4.75. The highest BCUT2D eigenvalue weighted by atomic mass is 15.2. The van der Waals surface area contributed by atoms with Crippen molar-refractivity contribution in [2.24, 2.45) is 11.8 Å². The van der Waals surface area contributed by atoms with E-state index in [4.69, 9.17) is 4.98 Å². The second kappa shape index (κ2) is 7.10. The molecule has 20 heavy (non-hydrogen) atoms. The van der Waals surface area contributed by atoms with Crippen LogP contribution in [-0.4, -0.2) is 18.1 Å². The van der Waals surface area contributed by atoms with Gasteiger partial charge in [0.1, 0.15) is 5.82 Å². The van der Waals surface area contributed by atoms with Crippen LogP contribution in [0.5, 0.6) is 0 Å². The monoisotopic (exact) mass is 274 g/mol. The van der Waals surface area contributed by atoms with Crippen LogP contribution in [0.4, 0.5) is 5.82 Å². The molecule has 0 N–H and O–H groups in total. The Morgan fingerprint density at radius 3 is 2.40 bits per heavy atom. The fraction of sp³-hybridized carbons (Fsp3) is 0.722. The lowest BCUT2D eigenvalue weighted by atomic mass is 9.80. The number of hydrogen-bond acceptors (Lipinski definition) is 2. The van der Waals surface area contributed by atoms with Gasteiger partial charge < -0.3 is 4.90 Å². The van der Waals surface area contributed by atoms with Crippen LogP contribution < -0.4 is 4.90 Å². The molecule has 0 aromatic carbocycles. The van der Waals surface area contributed by atoms with Crippen molar-refractivity contribution < 1.29 is 0 Å². The minimum absolute atomic E-state index is 0.574. The molecule has 0 amide bonds. The van der Waals surface area contributed by atoms with Gasteiger partial charge in [0.2, 0.25) is 0 Å². The van der Waals surface area contributed by atoms with Crippen LogP contribution in [0.15, 0.2) is 18.2 Å². The second-order valence-corrected chi connectivity index (χ2v) is 6.62. The third kappa shape index (κ3) is 3.53. The summed E-state index contributed by atoms with van der Waals surface area (Å²) in [4.78, 5) is 7.47. The topological polar surface area (TPSA) is 16.1 Å². The van der Waals surface area contributed by atoms with E-state index >= 15 is 0 Å². The average molecular weight is 274 g/mol. The average Bonchev–Trinajstić information content (AvgIpc) is 2.48. The number of pyridine rings is 1. The number of hydrogen-bond donors (Lipinski definition) is 0. The molecule has 1 aromatic heterocycles. The van der Waals surface area contributed by atoms with E-state index in [1.54, 1.807) is 0 Å². The Bertz CT molecular complexity index is 408. The number of piperidine rings is 1. The highest BCUT2D eigenvalue weighted by Gasteiger charge is 2.23. The highest BCUT2D eigenvalue weighted by molar-refractivity contribution is 5.40. The van der Waals surface area contributed by atoms with E-state index < -0.39 is 0 Å². The Morgan fingerprint density at radius 2 is 1.80 bits per heavy atom. The van der Waals surface area contributed by atoms with E-state index in [0.29, 0.717) is 17.8 Å². The largest absolute Gasteiger partial charge is 0.357 e. The molecular formula is C18H30N2. The summed E-state index contributed by atoms with van der Waals surface area (Å²) in [6.07, 6.45) is 5.21. The molecular weight excluding hydrogens is 244 g/mol. The van der Waals surface area contributed by atoms with Crippen molar-refractivity contribution in [1.82, 2.24) is 4.98 Å². The summed E-state index contributed by atoms with van der Waals surface area (Å²) in [6.45, 7) is 11.6. The van der Waals surface area contributed by atoms with Gasteiger partial charge in [0.05, 0.1) is 0 Å². The van der Waals surface area contributed by atoms with Gasteiger partial charge in [-0.3, -0.25) is 0 Å². The molecule has 1 fully saturated rings. The fourth-order valence-corrected chi connectivity index (χ4v) is 3.47. The van der Waals surface area contributed by atoms with Crippen molar-refractivity contribution in [2.75, 3.05) is 18.0 Å². The van der Waals surface area contributed by atoms with Crippen molar-refractivity contribution in [1.29, 1.82) is 0 Å². The molecule has 1 aliphatic heterocycles. The van der Waals surface area contributed by atoms with Gasteiger partial charge in [-0.1, -0.05) is 40.2 Å². The minimum atomic E-state index is 0.574. The number of nitrogens with zero attached hydrogens (tertiary/aromatic N) is 2. The van der Waals surface area contributed by atoms with Crippen LogP contribution in [0, 0.1) is 11.8 Å². The Balaban J connectivity index is 2.22. The van der Waals surface area contributed by atoms with Crippen molar-refractivity contribution in [3.8, 4) is 0 Å². The lowest BCUT2D eigenvalue weighted by molar-refractivity contribution is 0.349. The van der Waals surface area contributed by atoms with Crippen LogP contribution in [-0.2, 0) is 0 Å². The molecule has 0 saturated carbocycles. The Hall–Kier alpha value is -1.05. The molecule has 1 unspecified atom stereocenters. The van der Waals surface area contributed by atoms with Crippen LogP contribution in [0.3, 0.4) is 0 Å². The van der Waals surface area contributed by atoms with E-state index in [1.165, 1.54) is 50.3 Å². The zero-order valence-electron chi connectivity index (χ0n) is 13.6. The van der Waals surface area contributed by atoms with E-state index in [2.05, 4.69) is 50.8 Å². The van der Waals surface area contributed by atoms with Crippen molar-refractivity contribution in [2.45, 2.75) is 59.3 Å². The maximum atomic E-state index is 5.01. The number of anilines is 1. The predicted molar refractivity (Wildman–Crippen MR) is 87.3 cm³/mol. The molecule has 2 atom stereocenters. The van der Waals surface area contributed by atoms with E-state index in [-0.39, 0.29) is 0 Å². The molecule has 0 spiro atoms. The lowest BCUT2D eigenvalue weighted by Crippen LogP contribution is -2.30. The van der Waals surface area contributed by atoms with Crippen LogP contribution in [0.1, 0.15) is 65.0 Å². The molecule has 2 heteroatoms. The van der Waals surface area contributed by atoms with Gasteiger partial charge in [0.25, 0.3) is 0 Å². The van der Waals surface area contributed by atoms with E-state index in [1.807, 2.05) is 0 Å². The first-order valence-corrected chi connectivity index (χ1v) is 8.35. The highest BCUT2D eigenvalue weighted by Crippen LogP contribution is 2.33. The molecule has 112 valence electrons. The molecule has 2 heterocycles. The van der Waals surface area contributed by atoms with Crippen molar-refractivity contribution in [3.63, 3.8) is 0 Å². The van der Waals surface area contributed by atoms with Gasteiger partial charge in [-0.25, -0.2) is 4.98 Å². The Kier molecular flexibility index (Phi) is 5.45. The second-order valence-electron chi connectivity index (χ2n) is 6.62.